The van der Waals surface area contributed by atoms with Gasteiger partial charge in [-0.3, -0.25) is 9.79 Å². The number of primary amides is 1. The van der Waals surface area contributed by atoms with Crippen LogP contribution in [0.3, 0.4) is 0 Å². The van der Waals surface area contributed by atoms with Gasteiger partial charge in [-0.05, 0) is 42.9 Å². The number of benzene rings is 1. The number of carbonyl (C=O) groups excluding carboxylic acids is 1. The van der Waals surface area contributed by atoms with E-state index in [0.29, 0.717) is 25.3 Å². The number of aromatic nitrogens is 2. The number of hydrogen-bond acceptors (Lipinski definition) is 6. The van der Waals surface area contributed by atoms with Crippen LogP contribution in [-0.2, 0) is 17.6 Å². The summed E-state index contributed by atoms with van der Waals surface area (Å²) in [6, 6.07) is 7.94. The highest BCUT2D eigenvalue weighted by molar-refractivity contribution is 5.82. The van der Waals surface area contributed by atoms with E-state index >= 15 is 0 Å². The Morgan fingerprint density at radius 2 is 2.13 bits per heavy atom. The Hall–Kier alpha value is -3.22. The molecule has 3 N–H and O–H groups in total. The van der Waals surface area contributed by atoms with Crippen molar-refractivity contribution in [1.29, 1.82) is 0 Å². The summed E-state index contributed by atoms with van der Waals surface area (Å²) in [4.78, 5) is 26.1. The molecule has 7 heteroatoms. The van der Waals surface area contributed by atoms with Gasteiger partial charge in [-0.25, -0.2) is 9.97 Å². The number of rotatable bonds is 7. The summed E-state index contributed by atoms with van der Waals surface area (Å²) in [7, 11) is 0. The third-order valence-electron chi connectivity index (χ3n) is 6.17. The average molecular weight is 403 g/mol. The van der Waals surface area contributed by atoms with Crippen molar-refractivity contribution in [1.82, 2.24) is 9.97 Å². The summed E-state index contributed by atoms with van der Waals surface area (Å²) in [6.45, 7) is 2.60. The molecule has 2 heterocycles. The van der Waals surface area contributed by atoms with Gasteiger partial charge < -0.3 is 15.8 Å². The van der Waals surface area contributed by atoms with Crippen LogP contribution in [-0.4, -0.2) is 34.7 Å². The average Bonchev–Trinajstić information content (AvgIpc) is 3.44. The fourth-order valence-electron chi connectivity index (χ4n) is 4.89. The van der Waals surface area contributed by atoms with Crippen LogP contribution < -0.4 is 15.8 Å². The van der Waals surface area contributed by atoms with E-state index in [2.05, 4.69) is 22.5 Å². The van der Waals surface area contributed by atoms with Crippen molar-refractivity contribution < 1.29 is 9.53 Å². The van der Waals surface area contributed by atoms with E-state index in [1.165, 1.54) is 0 Å². The van der Waals surface area contributed by atoms with Crippen LogP contribution in [0.1, 0.15) is 30.4 Å². The maximum atomic E-state index is 12.1. The van der Waals surface area contributed by atoms with E-state index in [4.69, 9.17) is 20.4 Å². The molecular weight excluding hydrogens is 378 g/mol. The first-order valence-corrected chi connectivity index (χ1v) is 10.5. The third-order valence-corrected chi connectivity index (χ3v) is 6.17. The number of ether oxygens (including phenoxy) is 1. The number of amides is 1. The van der Waals surface area contributed by atoms with Gasteiger partial charge in [0.25, 0.3) is 0 Å². The van der Waals surface area contributed by atoms with Gasteiger partial charge in [-0.2, -0.15) is 0 Å². The molecule has 1 fully saturated rings. The molecule has 2 aromatic rings. The number of allylic oxidation sites excluding steroid dienone is 1. The van der Waals surface area contributed by atoms with E-state index in [1.54, 1.807) is 0 Å². The molecule has 1 aliphatic heterocycles. The van der Waals surface area contributed by atoms with Gasteiger partial charge in [0, 0.05) is 25.1 Å². The van der Waals surface area contributed by atoms with Crippen LogP contribution in [0.25, 0.3) is 0 Å². The molecule has 5 rings (SSSR count). The molecular formula is C23H25N5O2. The lowest BCUT2D eigenvalue weighted by molar-refractivity contribution is -0.122. The first kappa shape index (κ1) is 18.8. The minimum Gasteiger partial charge on any atom is -0.494 e. The Morgan fingerprint density at radius 3 is 2.97 bits per heavy atom. The summed E-state index contributed by atoms with van der Waals surface area (Å²) in [6.07, 6.45) is 8.41. The molecule has 4 unspecified atom stereocenters. The number of nitrogens with two attached hydrogens (primary N) is 1. The highest BCUT2D eigenvalue weighted by Crippen LogP contribution is 2.45. The maximum Gasteiger partial charge on any atom is 0.223 e. The lowest BCUT2D eigenvalue weighted by Gasteiger charge is -2.27. The van der Waals surface area contributed by atoms with E-state index in [-0.39, 0.29) is 29.7 Å². The highest BCUT2D eigenvalue weighted by Gasteiger charge is 2.47. The standard InChI is InChI=1S/C23H25N5O2/c1-2-30-16-5-3-4-13(10-16)11-18-26-17-8-9-25-21(17)23(27-18)28-20-15-7-6-14(12-15)19(20)22(24)29/h3-7,9-10,14-15,19-20H,2,8,11-12H2,1H3,(H2,24,29)(H,26,27,28). The zero-order chi connectivity index (χ0) is 20.7. The minimum absolute atomic E-state index is 0.0542. The van der Waals surface area contributed by atoms with Gasteiger partial charge in [-0.15, -0.1) is 0 Å². The molecule has 30 heavy (non-hydrogen) atoms. The van der Waals surface area contributed by atoms with Gasteiger partial charge in [0.1, 0.15) is 17.3 Å². The van der Waals surface area contributed by atoms with Crippen LogP contribution in [0.2, 0.25) is 0 Å². The minimum atomic E-state index is -0.258. The highest BCUT2D eigenvalue weighted by atomic mass is 16.5. The fraction of sp³-hybridized carbons (Fsp3) is 0.391. The van der Waals surface area contributed by atoms with Crippen molar-refractivity contribution in [3.63, 3.8) is 0 Å². The molecule has 2 aliphatic carbocycles. The third kappa shape index (κ3) is 3.34. The number of fused-ring (bicyclic) bond motifs is 3. The lowest BCUT2D eigenvalue weighted by Crippen LogP contribution is -2.41. The van der Waals surface area contributed by atoms with E-state index < -0.39 is 0 Å². The van der Waals surface area contributed by atoms with Crippen LogP contribution in [0.5, 0.6) is 5.75 Å². The number of anilines is 1. The van der Waals surface area contributed by atoms with E-state index in [0.717, 1.165) is 34.9 Å². The number of nitrogens with one attached hydrogen (secondary N) is 1. The Kier molecular flexibility index (Phi) is 4.73. The van der Waals surface area contributed by atoms with Gasteiger partial charge in [-0.1, -0.05) is 24.3 Å². The lowest BCUT2D eigenvalue weighted by atomic mass is 9.88. The molecule has 0 saturated heterocycles. The van der Waals surface area contributed by atoms with Gasteiger partial charge >= 0.3 is 0 Å². The first-order chi connectivity index (χ1) is 14.6. The van der Waals surface area contributed by atoms with Crippen molar-refractivity contribution >= 4 is 23.6 Å². The summed E-state index contributed by atoms with van der Waals surface area (Å²) in [5.74, 6) is 2.29. The SMILES string of the molecule is CCOc1cccc(Cc2nc3c(c(NC4C5C=CC(C5)C4C(N)=O)n2)N=CC3)c1. The number of hydrogen-bond donors (Lipinski definition) is 2. The van der Waals surface area contributed by atoms with Crippen LogP contribution >= 0.6 is 0 Å². The molecule has 3 aliphatic rings. The van der Waals surface area contributed by atoms with Crippen molar-refractivity contribution in [2.24, 2.45) is 28.5 Å². The van der Waals surface area contributed by atoms with E-state index in [1.807, 2.05) is 37.4 Å². The van der Waals surface area contributed by atoms with Crippen molar-refractivity contribution in [2.45, 2.75) is 32.2 Å². The van der Waals surface area contributed by atoms with Crippen LogP contribution in [0.15, 0.2) is 41.4 Å². The summed E-state index contributed by atoms with van der Waals surface area (Å²) in [5.41, 5.74) is 8.50. The second-order valence-corrected chi connectivity index (χ2v) is 8.10. The zero-order valence-corrected chi connectivity index (χ0v) is 16.9. The van der Waals surface area contributed by atoms with Crippen molar-refractivity contribution in [3.05, 3.63) is 53.5 Å². The molecule has 0 radical (unpaired) electrons. The zero-order valence-electron chi connectivity index (χ0n) is 16.9. The predicted octanol–water partition coefficient (Wildman–Crippen LogP) is 2.81. The van der Waals surface area contributed by atoms with E-state index in [9.17, 15) is 4.79 Å². The topological polar surface area (TPSA) is 102 Å². The second-order valence-electron chi connectivity index (χ2n) is 8.10. The number of aliphatic imine (C=N–C) groups is 1. The Balaban J connectivity index is 1.44. The van der Waals surface area contributed by atoms with Gasteiger partial charge in [0.2, 0.25) is 5.91 Å². The Bertz CT molecular complexity index is 1050. The van der Waals surface area contributed by atoms with Gasteiger partial charge in [0.15, 0.2) is 5.82 Å². The molecule has 1 amide bonds. The smallest absolute Gasteiger partial charge is 0.223 e. The Morgan fingerprint density at radius 1 is 1.27 bits per heavy atom. The fourth-order valence-corrected chi connectivity index (χ4v) is 4.89. The van der Waals surface area contributed by atoms with Crippen LogP contribution in [0.4, 0.5) is 11.5 Å². The quantitative estimate of drug-likeness (QED) is 0.692. The molecule has 1 aromatic carbocycles. The molecule has 1 saturated carbocycles. The van der Waals surface area contributed by atoms with Crippen LogP contribution in [0, 0.1) is 17.8 Å². The monoisotopic (exact) mass is 403 g/mol. The largest absolute Gasteiger partial charge is 0.494 e. The summed E-state index contributed by atoms with van der Waals surface area (Å²) in [5, 5.41) is 3.52. The van der Waals surface area contributed by atoms with Crippen molar-refractivity contribution in [2.75, 3.05) is 11.9 Å². The molecule has 4 atom stereocenters. The molecule has 1 aromatic heterocycles. The predicted molar refractivity (Wildman–Crippen MR) is 115 cm³/mol. The second kappa shape index (κ2) is 7.55. The van der Waals surface area contributed by atoms with Gasteiger partial charge in [0.05, 0.1) is 18.2 Å². The number of carbonyl (C=O) groups is 1. The summed E-state index contributed by atoms with van der Waals surface area (Å²) < 4.78 is 5.61. The molecule has 0 spiro atoms. The molecule has 7 nitrogen and oxygen atoms in total. The Labute approximate surface area is 175 Å². The normalized spacial score (nSPS) is 25.5. The molecule has 2 bridgehead atoms. The maximum absolute atomic E-state index is 12.1. The number of nitrogens with zero attached hydrogens (tertiary/aromatic N) is 3. The van der Waals surface area contributed by atoms with Crippen molar-refractivity contribution in [3.8, 4) is 5.75 Å². The summed E-state index contributed by atoms with van der Waals surface area (Å²) >= 11 is 0. The molecule has 154 valence electrons. The first-order valence-electron chi connectivity index (χ1n) is 10.5.